The molecule has 72 valence electrons. The van der Waals surface area contributed by atoms with Crippen LogP contribution >= 0.6 is 11.6 Å². The monoisotopic (exact) mass is 208 g/mol. The maximum atomic E-state index is 5.85. The van der Waals surface area contributed by atoms with Crippen LogP contribution in [0.2, 0.25) is 5.02 Å². The Kier molecular flexibility index (Phi) is 2.52. The minimum atomic E-state index is 0.306. The topological polar surface area (TPSA) is 52.0 Å². The third-order valence-electron chi connectivity index (χ3n) is 1.84. The predicted molar refractivity (Wildman–Crippen MR) is 54.8 cm³/mol. The third kappa shape index (κ3) is 1.78. The normalized spacial score (nSPS) is 10.4. The molecule has 0 fully saturated rings. The van der Waals surface area contributed by atoms with E-state index in [1.54, 1.807) is 6.20 Å². The second-order valence-corrected chi connectivity index (χ2v) is 3.27. The molecule has 0 radical (unpaired) electrons. The lowest BCUT2D eigenvalue weighted by Gasteiger charge is -1.95. The first-order chi connectivity index (χ1) is 6.79. The zero-order valence-electron chi connectivity index (χ0n) is 7.40. The van der Waals surface area contributed by atoms with E-state index in [0.29, 0.717) is 23.2 Å². The summed E-state index contributed by atoms with van der Waals surface area (Å²) in [5, 5.41) is 0.674. The number of hydrogen-bond donors (Lipinski definition) is 1. The van der Waals surface area contributed by atoms with E-state index in [1.165, 1.54) is 0 Å². The summed E-state index contributed by atoms with van der Waals surface area (Å²) in [6.45, 7) is 0.306. The molecule has 0 aliphatic carbocycles. The van der Waals surface area contributed by atoms with E-state index >= 15 is 0 Å². The Morgan fingerprint density at radius 2 is 2.29 bits per heavy atom. The molecule has 1 aromatic heterocycles. The first kappa shape index (κ1) is 9.24. The zero-order chi connectivity index (χ0) is 9.97. The molecule has 1 aromatic carbocycles. The van der Waals surface area contributed by atoms with Crippen LogP contribution in [-0.4, -0.2) is 4.98 Å². The van der Waals surface area contributed by atoms with Crippen molar-refractivity contribution in [2.24, 2.45) is 5.73 Å². The number of aromatic nitrogens is 1. The fraction of sp³-hybridized carbons (Fsp3) is 0.100. The number of halogens is 1. The molecule has 0 aliphatic rings. The van der Waals surface area contributed by atoms with Crippen LogP contribution in [0.3, 0.4) is 0 Å². The molecule has 0 spiro atoms. The number of nitrogens with two attached hydrogens (primary N) is 1. The summed E-state index contributed by atoms with van der Waals surface area (Å²) in [4.78, 5) is 4.01. The highest BCUT2D eigenvalue weighted by molar-refractivity contribution is 6.30. The number of oxazole rings is 1. The van der Waals surface area contributed by atoms with Gasteiger partial charge in [-0.05, 0) is 12.1 Å². The minimum absolute atomic E-state index is 0.306. The summed E-state index contributed by atoms with van der Waals surface area (Å²) in [7, 11) is 0. The molecule has 0 saturated heterocycles. The average Bonchev–Trinajstić information content (AvgIpc) is 2.66. The standard InChI is InChI=1S/C10H9ClN2O/c11-8-3-1-2-7(4-8)9-6-13-10(5-12)14-9/h1-4,6H,5,12H2. The molecule has 0 saturated carbocycles. The van der Waals surface area contributed by atoms with Gasteiger partial charge < -0.3 is 10.2 Å². The van der Waals surface area contributed by atoms with Crippen molar-refractivity contribution in [3.63, 3.8) is 0 Å². The van der Waals surface area contributed by atoms with Gasteiger partial charge in [-0.3, -0.25) is 0 Å². The Morgan fingerprint density at radius 1 is 1.43 bits per heavy atom. The van der Waals surface area contributed by atoms with Crippen molar-refractivity contribution in [2.45, 2.75) is 6.54 Å². The minimum Gasteiger partial charge on any atom is -0.439 e. The number of hydrogen-bond acceptors (Lipinski definition) is 3. The van der Waals surface area contributed by atoms with Gasteiger partial charge in [0.25, 0.3) is 0 Å². The van der Waals surface area contributed by atoms with Gasteiger partial charge in [0.05, 0.1) is 12.7 Å². The Hall–Kier alpha value is -1.32. The molecule has 2 rings (SSSR count). The third-order valence-corrected chi connectivity index (χ3v) is 2.07. The van der Waals surface area contributed by atoms with Gasteiger partial charge in [0.2, 0.25) is 5.89 Å². The lowest BCUT2D eigenvalue weighted by Crippen LogP contribution is -1.94. The molecule has 0 aliphatic heterocycles. The lowest BCUT2D eigenvalue weighted by molar-refractivity contribution is 0.509. The van der Waals surface area contributed by atoms with Crippen molar-refractivity contribution in [1.29, 1.82) is 0 Å². The second kappa shape index (κ2) is 3.82. The Bertz CT molecular complexity index is 439. The smallest absolute Gasteiger partial charge is 0.208 e. The largest absolute Gasteiger partial charge is 0.439 e. The first-order valence-corrected chi connectivity index (χ1v) is 4.58. The maximum absolute atomic E-state index is 5.85. The van der Waals surface area contributed by atoms with Crippen molar-refractivity contribution in [1.82, 2.24) is 4.98 Å². The molecule has 4 heteroatoms. The van der Waals surface area contributed by atoms with Gasteiger partial charge in [-0.1, -0.05) is 23.7 Å². The highest BCUT2D eigenvalue weighted by Crippen LogP contribution is 2.23. The van der Waals surface area contributed by atoms with Crippen LogP contribution in [0.25, 0.3) is 11.3 Å². The molecule has 3 nitrogen and oxygen atoms in total. The quantitative estimate of drug-likeness (QED) is 0.825. The Balaban J connectivity index is 2.39. The van der Waals surface area contributed by atoms with Crippen LogP contribution in [0.1, 0.15) is 5.89 Å². The molecule has 0 unspecified atom stereocenters. The molecule has 2 aromatic rings. The molecule has 2 N–H and O–H groups in total. The van der Waals surface area contributed by atoms with E-state index in [4.69, 9.17) is 21.8 Å². The number of rotatable bonds is 2. The van der Waals surface area contributed by atoms with Gasteiger partial charge in [0.1, 0.15) is 0 Å². The molecular formula is C10H9ClN2O. The van der Waals surface area contributed by atoms with Gasteiger partial charge >= 0.3 is 0 Å². The van der Waals surface area contributed by atoms with Crippen LogP contribution in [-0.2, 0) is 6.54 Å². The molecule has 1 heterocycles. The highest BCUT2D eigenvalue weighted by atomic mass is 35.5. The zero-order valence-corrected chi connectivity index (χ0v) is 8.16. The summed E-state index contributed by atoms with van der Waals surface area (Å²) < 4.78 is 5.38. The van der Waals surface area contributed by atoms with Gasteiger partial charge in [-0.2, -0.15) is 0 Å². The van der Waals surface area contributed by atoms with Crippen molar-refractivity contribution >= 4 is 11.6 Å². The summed E-state index contributed by atoms with van der Waals surface area (Å²) >= 11 is 5.85. The van der Waals surface area contributed by atoms with E-state index in [-0.39, 0.29) is 0 Å². The van der Waals surface area contributed by atoms with Crippen molar-refractivity contribution in [3.8, 4) is 11.3 Å². The van der Waals surface area contributed by atoms with E-state index in [9.17, 15) is 0 Å². The molecule has 0 bridgehead atoms. The number of nitrogens with zero attached hydrogens (tertiary/aromatic N) is 1. The summed E-state index contributed by atoms with van der Waals surface area (Å²) in [5.74, 6) is 1.22. The van der Waals surface area contributed by atoms with Crippen LogP contribution in [0, 0.1) is 0 Å². The molecule has 0 atom stereocenters. The van der Waals surface area contributed by atoms with Gasteiger partial charge in [0, 0.05) is 10.6 Å². The summed E-state index contributed by atoms with van der Waals surface area (Å²) in [6.07, 6.45) is 1.65. The van der Waals surface area contributed by atoms with E-state index in [0.717, 1.165) is 5.56 Å². The van der Waals surface area contributed by atoms with Gasteiger partial charge in [0.15, 0.2) is 5.76 Å². The van der Waals surface area contributed by atoms with Gasteiger partial charge in [-0.15, -0.1) is 0 Å². The summed E-state index contributed by atoms with van der Waals surface area (Å²) in [6, 6.07) is 7.41. The molecule has 0 amide bonds. The van der Waals surface area contributed by atoms with Crippen LogP contribution in [0.4, 0.5) is 0 Å². The second-order valence-electron chi connectivity index (χ2n) is 2.83. The van der Waals surface area contributed by atoms with E-state index < -0.39 is 0 Å². The Labute approximate surface area is 86.5 Å². The van der Waals surface area contributed by atoms with E-state index in [2.05, 4.69) is 4.98 Å². The average molecular weight is 209 g/mol. The van der Waals surface area contributed by atoms with Crippen molar-refractivity contribution in [3.05, 3.63) is 41.4 Å². The highest BCUT2D eigenvalue weighted by Gasteiger charge is 2.04. The first-order valence-electron chi connectivity index (χ1n) is 4.20. The van der Waals surface area contributed by atoms with Crippen molar-refractivity contribution < 1.29 is 4.42 Å². The predicted octanol–water partition coefficient (Wildman–Crippen LogP) is 2.45. The lowest BCUT2D eigenvalue weighted by atomic mass is 10.2. The molecular weight excluding hydrogens is 200 g/mol. The van der Waals surface area contributed by atoms with Crippen molar-refractivity contribution in [2.75, 3.05) is 0 Å². The Morgan fingerprint density at radius 3 is 2.93 bits per heavy atom. The van der Waals surface area contributed by atoms with Crippen LogP contribution in [0.15, 0.2) is 34.9 Å². The number of benzene rings is 1. The molecule has 14 heavy (non-hydrogen) atoms. The fourth-order valence-corrected chi connectivity index (χ4v) is 1.37. The fourth-order valence-electron chi connectivity index (χ4n) is 1.18. The maximum Gasteiger partial charge on any atom is 0.208 e. The van der Waals surface area contributed by atoms with Crippen LogP contribution in [0.5, 0.6) is 0 Å². The van der Waals surface area contributed by atoms with Gasteiger partial charge in [-0.25, -0.2) is 4.98 Å². The SMILES string of the molecule is NCc1ncc(-c2cccc(Cl)c2)o1. The summed E-state index contributed by atoms with van der Waals surface area (Å²) in [5.41, 5.74) is 6.30. The van der Waals surface area contributed by atoms with E-state index in [1.807, 2.05) is 24.3 Å². The van der Waals surface area contributed by atoms with Crippen LogP contribution < -0.4 is 5.73 Å².